The number of morpholine rings is 1. The number of carbonyl (C=O) groups is 1. The summed E-state index contributed by atoms with van der Waals surface area (Å²) >= 11 is 5.86. The lowest BCUT2D eigenvalue weighted by Gasteiger charge is -2.29. The lowest BCUT2D eigenvalue weighted by molar-refractivity contribution is -0.132. The molecule has 0 aliphatic carbocycles. The smallest absolute Gasteiger partial charge is 0.243 e. The SMILES string of the molecule is CN(CC(=O)N(CCCN1CCOCC1)Cc1ccncc1)S(=O)(=O)c1ccc(Cl)cc1. The molecule has 1 aromatic carbocycles. The predicted octanol–water partition coefficient (Wildman–Crippen LogP) is 2.11. The molecule has 1 fully saturated rings. The Hall–Kier alpha value is -2.04. The largest absolute Gasteiger partial charge is 0.379 e. The summed E-state index contributed by atoms with van der Waals surface area (Å²) in [7, 11) is -2.38. The molecule has 2 heterocycles. The summed E-state index contributed by atoms with van der Waals surface area (Å²) < 4.78 is 32.2. The van der Waals surface area contributed by atoms with Crippen molar-refractivity contribution in [2.24, 2.45) is 0 Å². The molecule has 0 saturated carbocycles. The van der Waals surface area contributed by atoms with Gasteiger partial charge in [-0.2, -0.15) is 4.31 Å². The Balaban J connectivity index is 1.65. The summed E-state index contributed by atoms with van der Waals surface area (Å²) in [5.41, 5.74) is 0.947. The van der Waals surface area contributed by atoms with Gasteiger partial charge in [0.05, 0.1) is 24.7 Å². The first-order chi connectivity index (χ1) is 15.4. The van der Waals surface area contributed by atoms with Gasteiger partial charge in [-0.15, -0.1) is 0 Å². The second-order valence-electron chi connectivity index (χ2n) is 7.69. The number of nitrogens with zero attached hydrogens (tertiary/aromatic N) is 4. The van der Waals surface area contributed by atoms with E-state index in [1.165, 1.54) is 31.3 Å². The zero-order valence-electron chi connectivity index (χ0n) is 18.2. The number of benzene rings is 1. The number of hydrogen-bond donors (Lipinski definition) is 0. The highest BCUT2D eigenvalue weighted by Gasteiger charge is 2.25. The second kappa shape index (κ2) is 11.7. The standard InChI is InChI=1S/C22H29ClN4O4S/c1-25(32(29,30)21-5-3-20(23)4-6-21)18-22(28)27(17-19-7-9-24-10-8-19)12-2-11-26-13-15-31-16-14-26/h3-10H,2,11-18H2,1H3. The van der Waals surface area contributed by atoms with E-state index in [-0.39, 0.29) is 17.3 Å². The number of halogens is 1. The van der Waals surface area contributed by atoms with Crippen LogP contribution in [0.2, 0.25) is 5.02 Å². The van der Waals surface area contributed by atoms with E-state index in [9.17, 15) is 13.2 Å². The Labute approximate surface area is 194 Å². The van der Waals surface area contributed by atoms with Crippen LogP contribution in [0.4, 0.5) is 0 Å². The van der Waals surface area contributed by atoms with Crippen molar-refractivity contribution in [3.8, 4) is 0 Å². The first-order valence-corrected chi connectivity index (χ1v) is 12.4. The highest BCUT2D eigenvalue weighted by Crippen LogP contribution is 2.18. The van der Waals surface area contributed by atoms with Crippen molar-refractivity contribution in [3.63, 3.8) is 0 Å². The van der Waals surface area contributed by atoms with Crippen molar-refractivity contribution in [2.45, 2.75) is 17.9 Å². The van der Waals surface area contributed by atoms with Crippen molar-refractivity contribution < 1.29 is 17.9 Å². The van der Waals surface area contributed by atoms with Crippen LogP contribution < -0.4 is 0 Å². The van der Waals surface area contributed by atoms with Crippen LogP contribution in [0.1, 0.15) is 12.0 Å². The molecule has 0 bridgehead atoms. The molecule has 0 spiro atoms. The van der Waals surface area contributed by atoms with Crippen molar-refractivity contribution >= 4 is 27.5 Å². The maximum atomic E-state index is 13.1. The number of ether oxygens (including phenoxy) is 1. The molecule has 1 aliphatic rings. The van der Waals surface area contributed by atoms with Crippen molar-refractivity contribution in [1.29, 1.82) is 0 Å². The van der Waals surface area contributed by atoms with E-state index in [4.69, 9.17) is 16.3 Å². The lowest BCUT2D eigenvalue weighted by atomic mass is 10.2. The molecule has 1 saturated heterocycles. The van der Waals surface area contributed by atoms with Gasteiger partial charge in [-0.25, -0.2) is 8.42 Å². The fourth-order valence-electron chi connectivity index (χ4n) is 3.47. The molecule has 1 aromatic heterocycles. The summed E-state index contributed by atoms with van der Waals surface area (Å²) in [6.07, 6.45) is 4.16. The number of carbonyl (C=O) groups excluding carboxylic acids is 1. The molecule has 0 atom stereocenters. The van der Waals surface area contributed by atoms with E-state index in [2.05, 4.69) is 9.88 Å². The molecule has 32 heavy (non-hydrogen) atoms. The Morgan fingerprint density at radius 3 is 2.44 bits per heavy atom. The van der Waals surface area contributed by atoms with Crippen molar-refractivity contribution in [1.82, 2.24) is 19.1 Å². The van der Waals surface area contributed by atoms with E-state index >= 15 is 0 Å². The first-order valence-electron chi connectivity index (χ1n) is 10.5. The van der Waals surface area contributed by atoms with Crippen LogP contribution in [0.5, 0.6) is 0 Å². The fraction of sp³-hybridized carbons (Fsp3) is 0.455. The number of likely N-dealkylation sites (N-methyl/N-ethyl adjacent to an activating group) is 1. The Bertz CT molecular complexity index is 967. The molecule has 8 nitrogen and oxygen atoms in total. The molecular formula is C22H29ClN4O4S. The topological polar surface area (TPSA) is 83.1 Å². The molecule has 2 aromatic rings. The van der Waals surface area contributed by atoms with Gasteiger partial charge in [0.15, 0.2) is 0 Å². The van der Waals surface area contributed by atoms with Gasteiger partial charge in [0, 0.05) is 57.2 Å². The fourth-order valence-corrected chi connectivity index (χ4v) is 4.72. The predicted molar refractivity (Wildman–Crippen MR) is 123 cm³/mol. The van der Waals surface area contributed by atoms with Gasteiger partial charge in [0.1, 0.15) is 0 Å². The number of aromatic nitrogens is 1. The Kier molecular flexibility index (Phi) is 9.01. The number of pyridine rings is 1. The van der Waals surface area contributed by atoms with E-state index in [1.807, 2.05) is 12.1 Å². The number of sulfonamides is 1. The third kappa shape index (κ3) is 6.98. The molecule has 0 N–H and O–H groups in total. The molecular weight excluding hydrogens is 452 g/mol. The van der Waals surface area contributed by atoms with Gasteiger partial charge in [-0.05, 0) is 48.4 Å². The van der Waals surface area contributed by atoms with Crippen LogP contribution >= 0.6 is 11.6 Å². The van der Waals surface area contributed by atoms with E-state index in [0.29, 0.717) is 18.1 Å². The van der Waals surface area contributed by atoms with Crippen LogP contribution in [-0.4, -0.2) is 86.4 Å². The monoisotopic (exact) mass is 480 g/mol. The summed E-state index contributed by atoms with van der Waals surface area (Å²) in [6, 6.07) is 9.63. The molecule has 0 unspecified atom stereocenters. The summed E-state index contributed by atoms with van der Waals surface area (Å²) in [4.78, 5) is 21.3. The van der Waals surface area contributed by atoms with Crippen LogP contribution in [-0.2, 0) is 26.1 Å². The van der Waals surface area contributed by atoms with Crippen LogP contribution in [0.15, 0.2) is 53.7 Å². The number of hydrogen-bond acceptors (Lipinski definition) is 6. The van der Waals surface area contributed by atoms with E-state index in [0.717, 1.165) is 49.1 Å². The van der Waals surface area contributed by atoms with Gasteiger partial charge < -0.3 is 9.64 Å². The summed E-state index contributed by atoms with van der Waals surface area (Å²) in [5.74, 6) is -0.246. The van der Waals surface area contributed by atoms with Crippen LogP contribution in [0.25, 0.3) is 0 Å². The molecule has 174 valence electrons. The average molecular weight is 481 g/mol. The average Bonchev–Trinajstić information content (AvgIpc) is 2.80. The van der Waals surface area contributed by atoms with Gasteiger partial charge >= 0.3 is 0 Å². The number of rotatable bonds is 10. The van der Waals surface area contributed by atoms with Crippen LogP contribution in [0.3, 0.4) is 0 Å². The lowest BCUT2D eigenvalue weighted by Crippen LogP contribution is -2.42. The van der Waals surface area contributed by atoms with Crippen molar-refractivity contribution in [3.05, 3.63) is 59.4 Å². The highest BCUT2D eigenvalue weighted by atomic mass is 35.5. The van der Waals surface area contributed by atoms with Gasteiger partial charge in [-0.3, -0.25) is 14.7 Å². The van der Waals surface area contributed by atoms with E-state index in [1.54, 1.807) is 17.3 Å². The third-order valence-corrected chi connectivity index (χ3v) is 7.43. The minimum absolute atomic E-state index is 0.102. The third-order valence-electron chi connectivity index (χ3n) is 5.36. The first kappa shape index (κ1) is 24.6. The molecule has 0 radical (unpaired) electrons. The molecule has 3 rings (SSSR count). The highest BCUT2D eigenvalue weighted by molar-refractivity contribution is 7.89. The number of amides is 1. The minimum atomic E-state index is -3.80. The maximum absolute atomic E-state index is 13.1. The van der Waals surface area contributed by atoms with Gasteiger partial charge in [0.25, 0.3) is 0 Å². The quantitative estimate of drug-likeness (QED) is 0.518. The Morgan fingerprint density at radius 2 is 1.78 bits per heavy atom. The van der Waals surface area contributed by atoms with Crippen LogP contribution in [0, 0.1) is 0 Å². The summed E-state index contributed by atoms with van der Waals surface area (Å²) in [6.45, 7) is 4.80. The van der Waals surface area contributed by atoms with Crippen molar-refractivity contribution in [2.75, 3.05) is 53.0 Å². The zero-order chi connectivity index (χ0) is 23.0. The normalized spacial score (nSPS) is 15.1. The molecule has 10 heteroatoms. The summed E-state index contributed by atoms with van der Waals surface area (Å²) in [5, 5.41) is 0.450. The molecule has 1 aliphatic heterocycles. The molecule has 1 amide bonds. The maximum Gasteiger partial charge on any atom is 0.243 e. The van der Waals surface area contributed by atoms with Gasteiger partial charge in [0.2, 0.25) is 15.9 Å². The second-order valence-corrected chi connectivity index (χ2v) is 10.2. The minimum Gasteiger partial charge on any atom is -0.379 e. The Morgan fingerprint density at radius 1 is 1.12 bits per heavy atom. The zero-order valence-corrected chi connectivity index (χ0v) is 19.8. The van der Waals surface area contributed by atoms with Gasteiger partial charge in [-0.1, -0.05) is 11.6 Å². The van der Waals surface area contributed by atoms with E-state index < -0.39 is 10.0 Å².